The summed E-state index contributed by atoms with van der Waals surface area (Å²) in [6.07, 6.45) is 2.08. The molecule has 1 fully saturated rings. The van der Waals surface area contributed by atoms with Gasteiger partial charge in [0.05, 0.1) is 9.15 Å². The van der Waals surface area contributed by atoms with E-state index in [9.17, 15) is 4.79 Å². The Morgan fingerprint density at radius 1 is 1.54 bits per heavy atom. The molecule has 3 unspecified atom stereocenters. The number of Topliss-reactive ketones (excluding diaryl/α,β-unsaturated/α-hetero) is 1. The van der Waals surface area contributed by atoms with Gasteiger partial charge in [-0.15, -0.1) is 0 Å². The van der Waals surface area contributed by atoms with Gasteiger partial charge in [-0.05, 0) is 24.7 Å². The zero-order valence-electron chi connectivity index (χ0n) is 8.31. The van der Waals surface area contributed by atoms with Crippen LogP contribution in [0.5, 0.6) is 0 Å². The average Bonchev–Trinajstić information content (AvgIpc) is 2.08. The van der Waals surface area contributed by atoms with Crippen molar-refractivity contribution in [3.63, 3.8) is 0 Å². The van der Waals surface area contributed by atoms with Gasteiger partial charge in [-0.3, -0.25) is 4.79 Å². The van der Waals surface area contributed by atoms with Crippen LogP contribution in [-0.2, 0) is 4.79 Å². The van der Waals surface area contributed by atoms with Crippen molar-refractivity contribution in [1.82, 2.24) is 0 Å². The second-order valence-electron chi connectivity index (χ2n) is 4.30. The van der Waals surface area contributed by atoms with E-state index in [2.05, 4.69) is 52.6 Å². The Hall–Kier alpha value is 0.630. The third kappa shape index (κ3) is 2.01. The zero-order chi connectivity index (χ0) is 10.2. The molecule has 0 bridgehead atoms. The van der Waals surface area contributed by atoms with Crippen molar-refractivity contribution >= 4 is 37.6 Å². The van der Waals surface area contributed by atoms with E-state index in [0.717, 1.165) is 12.8 Å². The first-order valence-electron chi connectivity index (χ1n) is 4.77. The number of hydrogen-bond acceptors (Lipinski definition) is 1. The fourth-order valence-electron chi connectivity index (χ4n) is 1.77. The quantitative estimate of drug-likeness (QED) is 0.677. The lowest BCUT2D eigenvalue weighted by Gasteiger charge is -2.39. The van der Waals surface area contributed by atoms with Gasteiger partial charge < -0.3 is 0 Å². The molecule has 0 aliphatic heterocycles. The van der Waals surface area contributed by atoms with Crippen molar-refractivity contribution in [2.24, 2.45) is 11.8 Å². The molecule has 1 nitrogen and oxygen atoms in total. The van der Waals surface area contributed by atoms with Crippen molar-refractivity contribution in [1.29, 1.82) is 0 Å². The summed E-state index contributed by atoms with van der Waals surface area (Å²) >= 11 is 7.10. The molecule has 0 N–H and O–H groups in total. The molecule has 1 aliphatic carbocycles. The summed E-state index contributed by atoms with van der Waals surface area (Å²) in [6.45, 7) is 6.33. The molecule has 0 amide bonds. The van der Waals surface area contributed by atoms with E-state index in [1.165, 1.54) is 0 Å². The highest BCUT2D eigenvalue weighted by Gasteiger charge is 2.46. The first kappa shape index (κ1) is 11.7. The van der Waals surface area contributed by atoms with Crippen LogP contribution in [0.1, 0.15) is 33.6 Å². The monoisotopic (exact) mass is 310 g/mol. The van der Waals surface area contributed by atoms with Crippen LogP contribution in [0.15, 0.2) is 0 Å². The molecule has 0 saturated heterocycles. The summed E-state index contributed by atoms with van der Waals surface area (Å²) in [7, 11) is 0. The molecule has 1 rings (SSSR count). The van der Waals surface area contributed by atoms with Crippen molar-refractivity contribution in [3.8, 4) is 0 Å². The Morgan fingerprint density at radius 2 is 2.08 bits per heavy atom. The highest BCUT2D eigenvalue weighted by Crippen LogP contribution is 2.43. The summed E-state index contributed by atoms with van der Waals surface area (Å²) in [6, 6.07) is 0. The van der Waals surface area contributed by atoms with Gasteiger partial charge in [-0.25, -0.2) is 0 Å². The van der Waals surface area contributed by atoms with Crippen LogP contribution in [-0.4, -0.2) is 14.9 Å². The van der Waals surface area contributed by atoms with Crippen LogP contribution in [0.4, 0.5) is 0 Å². The molecule has 3 atom stereocenters. The predicted octanol–water partition coefficient (Wildman–Crippen LogP) is 3.54. The lowest BCUT2D eigenvalue weighted by Crippen LogP contribution is -2.48. The number of alkyl halides is 2. The molecule has 0 radical (unpaired) electrons. The van der Waals surface area contributed by atoms with Gasteiger partial charge in [-0.2, -0.15) is 0 Å². The second kappa shape index (κ2) is 4.01. The smallest absolute Gasteiger partial charge is 0.163 e. The number of rotatable bonds is 1. The minimum absolute atomic E-state index is 0.0306. The summed E-state index contributed by atoms with van der Waals surface area (Å²) in [5, 5.41) is 0. The standard InChI is InChI=1S/C10H16Br2O/c1-6(2)10(12)5-4-7(3)8(11)9(10)13/h6-8H,4-5H2,1-3H3. The highest BCUT2D eigenvalue weighted by molar-refractivity contribution is 9.11. The fourth-order valence-corrected chi connectivity index (χ4v) is 3.22. The third-order valence-corrected chi connectivity index (χ3v) is 6.06. The first-order valence-corrected chi connectivity index (χ1v) is 6.47. The van der Waals surface area contributed by atoms with Gasteiger partial charge in [0, 0.05) is 0 Å². The van der Waals surface area contributed by atoms with Crippen molar-refractivity contribution in [2.45, 2.75) is 42.8 Å². The third-order valence-electron chi connectivity index (χ3n) is 3.04. The van der Waals surface area contributed by atoms with Crippen LogP contribution >= 0.6 is 31.9 Å². The molecule has 0 spiro atoms. The lowest BCUT2D eigenvalue weighted by molar-refractivity contribution is -0.124. The van der Waals surface area contributed by atoms with Crippen molar-refractivity contribution < 1.29 is 4.79 Å². The van der Waals surface area contributed by atoms with Crippen LogP contribution in [0.25, 0.3) is 0 Å². The van der Waals surface area contributed by atoms with Gasteiger partial charge in [-0.1, -0.05) is 52.6 Å². The van der Waals surface area contributed by atoms with E-state index in [4.69, 9.17) is 0 Å². The lowest BCUT2D eigenvalue weighted by atomic mass is 9.76. The Balaban J connectivity index is 2.86. The van der Waals surface area contributed by atoms with E-state index in [1.807, 2.05) is 0 Å². The maximum Gasteiger partial charge on any atom is 0.163 e. The Kier molecular flexibility index (Phi) is 3.61. The highest BCUT2D eigenvalue weighted by atomic mass is 79.9. The topological polar surface area (TPSA) is 17.1 Å². The molecule has 1 aliphatic rings. The van der Waals surface area contributed by atoms with Crippen molar-refractivity contribution in [3.05, 3.63) is 0 Å². The Bertz CT molecular complexity index is 215. The summed E-state index contributed by atoms with van der Waals surface area (Å²) in [5.41, 5.74) is 0. The van der Waals surface area contributed by atoms with Gasteiger partial charge in [0.1, 0.15) is 0 Å². The zero-order valence-corrected chi connectivity index (χ0v) is 11.5. The van der Waals surface area contributed by atoms with Gasteiger partial charge in [0.15, 0.2) is 5.78 Å². The van der Waals surface area contributed by atoms with E-state index in [1.54, 1.807) is 0 Å². The van der Waals surface area contributed by atoms with Gasteiger partial charge in [0.25, 0.3) is 0 Å². The molecular formula is C10H16Br2O. The van der Waals surface area contributed by atoms with E-state index < -0.39 is 0 Å². The minimum atomic E-state index is -0.284. The molecule has 0 aromatic rings. The molecule has 0 aromatic carbocycles. The van der Waals surface area contributed by atoms with Crippen LogP contribution in [0, 0.1) is 11.8 Å². The Labute approximate surface area is 96.9 Å². The Morgan fingerprint density at radius 3 is 2.54 bits per heavy atom. The molecule has 1 saturated carbocycles. The number of carbonyl (C=O) groups excluding carboxylic acids is 1. The minimum Gasteiger partial charge on any atom is -0.297 e. The van der Waals surface area contributed by atoms with Crippen LogP contribution in [0.2, 0.25) is 0 Å². The van der Waals surface area contributed by atoms with Crippen LogP contribution in [0.3, 0.4) is 0 Å². The summed E-state index contributed by atoms with van der Waals surface area (Å²) < 4.78 is -0.284. The normalized spacial score (nSPS) is 41.2. The fraction of sp³-hybridized carbons (Fsp3) is 0.900. The molecule has 3 heteroatoms. The predicted molar refractivity (Wildman–Crippen MR) is 62.6 cm³/mol. The molecule has 0 aromatic heterocycles. The number of ketones is 1. The SMILES string of the molecule is CC1CCC(Br)(C(C)C)C(=O)C1Br. The molecular weight excluding hydrogens is 296 g/mol. The number of carbonyl (C=O) groups is 1. The molecule has 13 heavy (non-hydrogen) atoms. The van der Waals surface area contributed by atoms with Gasteiger partial charge in [0.2, 0.25) is 0 Å². The largest absolute Gasteiger partial charge is 0.297 e. The van der Waals surface area contributed by atoms with Gasteiger partial charge >= 0.3 is 0 Å². The maximum atomic E-state index is 12.0. The number of halogens is 2. The molecule has 0 heterocycles. The van der Waals surface area contributed by atoms with Crippen LogP contribution < -0.4 is 0 Å². The summed E-state index contributed by atoms with van der Waals surface area (Å²) in [5.74, 6) is 1.16. The van der Waals surface area contributed by atoms with E-state index >= 15 is 0 Å². The van der Waals surface area contributed by atoms with E-state index in [0.29, 0.717) is 17.6 Å². The van der Waals surface area contributed by atoms with E-state index in [-0.39, 0.29) is 9.15 Å². The molecule has 76 valence electrons. The van der Waals surface area contributed by atoms with Crippen molar-refractivity contribution in [2.75, 3.05) is 0 Å². The number of hydrogen-bond donors (Lipinski definition) is 0. The maximum absolute atomic E-state index is 12.0. The summed E-state index contributed by atoms with van der Waals surface area (Å²) in [4.78, 5) is 12.0. The second-order valence-corrected chi connectivity index (χ2v) is 6.70. The first-order chi connectivity index (χ1) is 5.89. The average molecular weight is 312 g/mol.